The number of carbonyl (C=O) groups excluding carboxylic acids is 1. The van der Waals surface area contributed by atoms with Crippen LogP contribution in [0.5, 0.6) is 0 Å². The molecule has 0 fully saturated rings. The molecule has 0 aliphatic carbocycles. The number of anilines is 1. The molecule has 1 aromatic rings. The van der Waals surface area contributed by atoms with Gasteiger partial charge in [0.1, 0.15) is 5.82 Å². The molecule has 1 heterocycles. The average Bonchev–Trinajstić information content (AvgIpc) is 2.20. The first-order valence-electron chi connectivity index (χ1n) is 4.38. The van der Waals surface area contributed by atoms with Crippen LogP contribution >= 0.6 is 11.6 Å². The summed E-state index contributed by atoms with van der Waals surface area (Å²) >= 11 is 5.62. The van der Waals surface area contributed by atoms with Crippen LogP contribution in [0, 0.1) is 0 Å². The summed E-state index contributed by atoms with van der Waals surface area (Å²) in [7, 11) is 0. The lowest BCUT2D eigenvalue weighted by Crippen LogP contribution is -2.12. The smallest absolute Gasteiger partial charge is 0.340 e. The van der Waals surface area contributed by atoms with Crippen molar-refractivity contribution in [3.63, 3.8) is 0 Å². The number of ether oxygens (including phenoxy) is 1. The molecular formula is C9H9ClF2N2O2. The summed E-state index contributed by atoms with van der Waals surface area (Å²) in [4.78, 5) is 14.9. The van der Waals surface area contributed by atoms with E-state index in [2.05, 4.69) is 9.72 Å². The third kappa shape index (κ3) is 2.38. The highest BCUT2D eigenvalue weighted by atomic mass is 35.5. The van der Waals surface area contributed by atoms with Crippen molar-refractivity contribution in [1.82, 2.24) is 4.98 Å². The molecule has 0 aliphatic rings. The largest absolute Gasteiger partial charge is 0.462 e. The van der Waals surface area contributed by atoms with Gasteiger partial charge in [-0.25, -0.2) is 18.6 Å². The van der Waals surface area contributed by atoms with Crippen LogP contribution in [-0.4, -0.2) is 17.6 Å². The Morgan fingerprint density at radius 1 is 1.69 bits per heavy atom. The molecule has 0 aliphatic heterocycles. The quantitative estimate of drug-likeness (QED) is 0.837. The van der Waals surface area contributed by atoms with E-state index >= 15 is 0 Å². The fraction of sp³-hybridized carbons (Fsp3) is 0.333. The molecule has 0 radical (unpaired) electrons. The minimum Gasteiger partial charge on any atom is -0.462 e. The van der Waals surface area contributed by atoms with Crippen molar-refractivity contribution >= 4 is 23.4 Å². The molecule has 1 aromatic heterocycles. The Balaban J connectivity index is 3.34. The van der Waals surface area contributed by atoms with Crippen molar-refractivity contribution in [2.24, 2.45) is 0 Å². The van der Waals surface area contributed by atoms with Crippen molar-refractivity contribution in [1.29, 1.82) is 0 Å². The van der Waals surface area contributed by atoms with Crippen molar-refractivity contribution in [3.8, 4) is 0 Å². The van der Waals surface area contributed by atoms with Gasteiger partial charge in [0, 0.05) is 6.20 Å². The third-order valence-corrected chi connectivity index (χ3v) is 2.09. The number of hydrogen-bond acceptors (Lipinski definition) is 4. The fourth-order valence-corrected chi connectivity index (χ4v) is 1.38. The first kappa shape index (κ1) is 12.6. The van der Waals surface area contributed by atoms with Gasteiger partial charge in [-0.15, -0.1) is 0 Å². The molecule has 1 rings (SSSR count). The highest BCUT2D eigenvalue weighted by Gasteiger charge is 2.26. The highest BCUT2D eigenvalue weighted by Crippen LogP contribution is 2.32. The number of aromatic nitrogens is 1. The lowest BCUT2D eigenvalue weighted by molar-refractivity contribution is 0.0515. The predicted molar refractivity (Wildman–Crippen MR) is 54.6 cm³/mol. The van der Waals surface area contributed by atoms with Crippen LogP contribution in [0.25, 0.3) is 0 Å². The normalized spacial score (nSPS) is 10.6. The molecule has 0 bridgehead atoms. The van der Waals surface area contributed by atoms with Crippen molar-refractivity contribution < 1.29 is 18.3 Å². The number of nitrogens with two attached hydrogens (primary N) is 1. The zero-order chi connectivity index (χ0) is 12.3. The molecule has 7 heteroatoms. The van der Waals surface area contributed by atoms with Crippen LogP contribution in [-0.2, 0) is 4.74 Å². The van der Waals surface area contributed by atoms with Gasteiger partial charge < -0.3 is 10.5 Å². The maximum absolute atomic E-state index is 12.7. The number of halogens is 3. The van der Waals surface area contributed by atoms with Gasteiger partial charge in [-0.1, -0.05) is 11.6 Å². The van der Waals surface area contributed by atoms with Gasteiger partial charge in [0.2, 0.25) is 0 Å². The van der Waals surface area contributed by atoms with E-state index in [0.29, 0.717) is 0 Å². The Bertz CT molecular complexity index is 413. The molecule has 0 saturated heterocycles. The minimum absolute atomic E-state index is 0.0556. The lowest BCUT2D eigenvalue weighted by Gasteiger charge is -2.11. The summed E-state index contributed by atoms with van der Waals surface area (Å²) in [5, 5.41) is -0.206. The van der Waals surface area contributed by atoms with Gasteiger partial charge in [0.05, 0.1) is 22.8 Å². The average molecular weight is 251 g/mol. The molecule has 0 spiro atoms. The summed E-state index contributed by atoms with van der Waals surface area (Å²) in [5.41, 5.74) is 4.15. The Kier molecular flexibility index (Phi) is 4.00. The molecule has 0 amide bonds. The number of hydrogen-bond donors (Lipinski definition) is 1. The van der Waals surface area contributed by atoms with Gasteiger partial charge in [-0.05, 0) is 6.92 Å². The van der Waals surface area contributed by atoms with Crippen molar-refractivity contribution in [2.75, 3.05) is 12.3 Å². The summed E-state index contributed by atoms with van der Waals surface area (Å²) in [6.45, 7) is 1.61. The van der Waals surface area contributed by atoms with E-state index in [1.54, 1.807) is 6.92 Å². The second kappa shape index (κ2) is 5.07. The van der Waals surface area contributed by atoms with E-state index in [4.69, 9.17) is 17.3 Å². The van der Waals surface area contributed by atoms with Crippen LogP contribution < -0.4 is 5.73 Å². The molecule has 0 aromatic carbocycles. The van der Waals surface area contributed by atoms with E-state index in [9.17, 15) is 13.6 Å². The van der Waals surface area contributed by atoms with E-state index in [0.717, 1.165) is 6.20 Å². The molecule has 0 unspecified atom stereocenters. The zero-order valence-electron chi connectivity index (χ0n) is 8.34. The highest BCUT2D eigenvalue weighted by molar-refractivity contribution is 6.33. The van der Waals surface area contributed by atoms with Crippen LogP contribution in [0.3, 0.4) is 0 Å². The summed E-state index contributed by atoms with van der Waals surface area (Å²) in [6, 6.07) is 0. The Hall–Kier alpha value is -1.43. The Morgan fingerprint density at radius 2 is 2.31 bits per heavy atom. The second-order valence-corrected chi connectivity index (χ2v) is 3.21. The third-order valence-electron chi connectivity index (χ3n) is 1.80. The zero-order valence-corrected chi connectivity index (χ0v) is 9.09. The molecule has 4 nitrogen and oxygen atoms in total. The second-order valence-electron chi connectivity index (χ2n) is 2.80. The lowest BCUT2D eigenvalue weighted by atomic mass is 10.1. The van der Waals surface area contributed by atoms with Crippen LogP contribution in [0.15, 0.2) is 6.20 Å². The van der Waals surface area contributed by atoms with Gasteiger partial charge in [-0.3, -0.25) is 0 Å². The number of pyridine rings is 1. The maximum Gasteiger partial charge on any atom is 0.340 e. The number of nitrogens with zero attached hydrogens (tertiary/aromatic N) is 1. The van der Waals surface area contributed by atoms with E-state index in [1.807, 2.05) is 0 Å². The first-order chi connectivity index (χ1) is 7.49. The monoisotopic (exact) mass is 250 g/mol. The molecule has 2 N–H and O–H groups in total. The fourth-order valence-electron chi connectivity index (χ4n) is 1.15. The van der Waals surface area contributed by atoms with Gasteiger partial charge in [-0.2, -0.15) is 0 Å². The number of carbonyl (C=O) groups is 1. The maximum atomic E-state index is 12.7. The molecule has 16 heavy (non-hydrogen) atoms. The molecular weight excluding hydrogens is 242 g/mol. The molecule has 0 atom stereocenters. The summed E-state index contributed by atoms with van der Waals surface area (Å²) < 4.78 is 30.0. The van der Waals surface area contributed by atoms with Gasteiger partial charge >= 0.3 is 5.97 Å². The van der Waals surface area contributed by atoms with Crippen LogP contribution in [0.1, 0.15) is 29.3 Å². The predicted octanol–water partition coefficient (Wildman–Crippen LogP) is 2.43. The van der Waals surface area contributed by atoms with Crippen molar-refractivity contribution in [3.05, 3.63) is 22.3 Å². The Labute approximate surface area is 95.4 Å². The van der Waals surface area contributed by atoms with E-state index < -0.39 is 29.3 Å². The number of esters is 1. The number of alkyl halides is 2. The number of nitrogen functional groups attached to an aromatic ring is 1. The minimum atomic E-state index is -2.94. The summed E-state index contributed by atoms with van der Waals surface area (Å²) in [6.07, 6.45) is -1.90. The van der Waals surface area contributed by atoms with Gasteiger partial charge in [0.15, 0.2) is 0 Å². The van der Waals surface area contributed by atoms with E-state index in [-0.39, 0.29) is 11.6 Å². The molecule has 88 valence electrons. The summed E-state index contributed by atoms with van der Waals surface area (Å²) in [5.74, 6) is -1.36. The number of rotatable bonds is 3. The van der Waals surface area contributed by atoms with Crippen LogP contribution in [0.4, 0.5) is 14.6 Å². The molecule has 0 saturated carbocycles. The van der Waals surface area contributed by atoms with Gasteiger partial charge in [0.25, 0.3) is 6.43 Å². The SMILES string of the molecule is CCOC(=O)c1c(Cl)cnc(N)c1C(F)F. The Morgan fingerprint density at radius 3 is 2.81 bits per heavy atom. The standard InChI is InChI=1S/C9H9ClF2N2O2/c1-2-16-9(15)5-4(10)3-14-8(13)6(5)7(11)12/h3,7H,2H2,1H3,(H2,13,14). The van der Waals surface area contributed by atoms with Crippen LogP contribution in [0.2, 0.25) is 5.02 Å². The topological polar surface area (TPSA) is 65.2 Å². The van der Waals surface area contributed by atoms with Crippen molar-refractivity contribution in [2.45, 2.75) is 13.3 Å². The first-order valence-corrected chi connectivity index (χ1v) is 4.76. The van der Waals surface area contributed by atoms with E-state index in [1.165, 1.54) is 0 Å².